The molecular formula is C14H24N2O4. The van der Waals surface area contributed by atoms with Gasteiger partial charge >= 0.3 is 5.97 Å². The maximum Gasteiger partial charge on any atom is 0.317 e. The van der Waals surface area contributed by atoms with Gasteiger partial charge in [-0.1, -0.05) is 0 Å². The Balaban J connectivity index is 2.02. The zero-order chi connectivity index (χ0) is 14.5. The standard InChI is InChI=1S/C14H24N2O4/c1-20-8-7-16-12-5-6-15(10-14(18)19)9-11(12)3-2-4-13(16)17/h11-12H,2-10H2,1H3,(H,18,19)/t11-,12+/m0/s1. The monoisotopic (exact) mass is 284 g/mol. The average Bonchev–Trinajstić information content (AvgIpc) is 2.54. The Kier molecular flexibility index (Phi) is 5.37. The van der Waals surface area contributed by atoms with Crippen LogP contribution >= 0.6 is 0 Å². The van der Waals surface area contributed by atoms with Crippen LogP contribution in [0.15, 0.2) is 0 Å². The van der Waals surface area contributed by atoms with E-state index in [1.54, 1.807) is 7.11 Å². The van der Waals surface area contributed by atoms with Gasteiger partial charge in [-0.15, -0.1) is 0 Å². The summed E-state index contributed by atoms with van der Waals surface area (Å²) in [5.41, 5.74) is 0. The molecule has 0 aromatic rings. The zero-order valence-electron chi connectivity index (χ0n) is 12.1. The SMILES string of the molecule is COCCN1C(=O)CCC[C@H]2CN(CC(=O)O)CC[C@H]21. The van der Waals surface area contributed by atoms with Crippen LogP contribution in [0.25, 0.3) is 0 Å². The lowest BCUT2D eigenvalue weighted by Gasteiger charge is -2.42. The molecular weight excluding hydrogens is 260 g/mol. The van der Waals surface area contributed by atoms with Crippen LogP contribution in [-0.4, -0.2) is 72.7 Å². The van der Waals surface area contributed by atoms with E-state index in [4.69, 9.17) is 9.84 Å². The second kappa shape index (κ2) is 7.04. The van der Waals surface area contributed by atoms with Crippen molar-refractivity contribution in [3.8, 4) is 0 Å². The van der Waals surface area contributed by atoms with Crippen LogP contribution in [0, 0.1) is 5.92 Å². The molecule has 0 unspecified atom stereocenters. The average molecular weight is 284 g/mol. The fourth-order valence-corrected chi connectivity index (χ4v) is 3.45. The van der Waals surface area contributed by atoms with Crippen LogP contribution in [0.3, 0.4) is 0 Å². The summed E-state index contributed by atoms with van der Waals surface area (Å²) in [6, 6.07) is 0.255. The molecule has 0 aromatic carbocycles. The summed E-state index contributed by atoms with van der Waals surface area (Å²) < 4.78 is 5.11. The molecule has 2 saturated heterocycles. The number of ether oxygens (including phenoxy) is 1. The first-order chi connectivity index (χ1) is 9.61. The third-order valence-electron chi connectivity index (χ3n) is 4.36. The summed E-state index contributed by atoms with van der Waals surface area (Å²) in [5, 5.41) is 8.90. The molecule has 2 heterocycles. The maximum atomic E-state index is 12.2. The minimum atomic E-state index is -0.774. The van der Waals surface area contributed by atoms with E-state index in [0.29, 0.717) is 25.5 Å². The number of fused-ring (bicyclic) bond motifs is 1. The van der Waals surface area contributed by atoms with Crippen LogP contribution in [0.1, 0.15) is 25.7 Å². The highest BCUT2D eigenvalue weighted by molar-refractivity contribution is 5.77. The normalized spacial score (nSPS) is 28.1. The Morgan fingerprint density at radius 2 is 2.25 bits per heavy atom. The molecule has 6 nitrogen and oxygen atoms in total. The third kappa shape index (κ3) is 3.70. The van der Waals surface area contributed by atoms with Gasteiger partial charge in [-0.3, -0.25) is 14.5 Å². The number of carbonyl (C=O) groups is 2. The number of rotatable bonds is 5. The molecule has 0 aliphatic carbocycles. The molecule has 2 atom stereocenters. The second-order valence-electron chi connectivity index (χ2n) is 5.72. The van der Waals surface area contributed by atoms with Gasteiger partial charge in [0, 0.05) is 39.2 Å². The van der Waals surface area contributed by atoms with E-state index in [2.05, 4.69) is 0 Å². The van der Waals surface area contributed by atoms with Gasteiger partial charge in [0.2, 0.25) is 5.91 Å². The number of carbonyl (C=O) groups excluding carboxylic acids is 1. The van der Waals surface area contributed by atoms with Crippen molar-refractivity contribution < 1.29 is 19.4 Å². The highest BCUT2D eigenvalue weighted by atomic mass is 16.5. The Labute approximate surface area is 119 Å². The van der Waals surface area contributed by atoms with Gasteiger partial charge in [0.15, 0.2) is 0 Å². The fourth-order valence-electron chi connectivity index (χ4n) is 3.45. The number of nitrogens with zero attached hydrogens (tertiary/aromatic N) is 2. The second-order valence-corrected chi connectivity index (χ2v) is 5.72. The minimum absolute atomic E-state index is 0.106. The molecule has 114 valence electrons. The molecule has 0 spiro atoms. The van der Waals surface area contributed by atoms with E-state index in [0.717, 1.165) is 32.4 Å². The lowest BCUT2D eigenvalue weighted by atomic mass is 9.88. The third-order valence-corrected chi connectivity index (χ3v) is 4.36. The zero-order valence-corrected chi connectivity index (χ0v) is 12.1. The van der Waals surface area contributed by atoms with E-state index in [9.17, 15) is 9.59 Å². The van der Waals surface area contributed by atoms with Crippen LogP contribution in [-0.2, 0) is 14.3 Å². The van der Waals surface area contributed by atoms with Gasteiger partial charge < -0.3 is 14.7 Å². The van der Waals surface area contributed by atoms with Crippen molar-refractivity contribution in [1.29, 1.82) is 0 Å². The van der Waals surface area contributed by atoms with Gasteiger partial charge in [-0.2, -0.15) is 0 Å². The van der Waals surface area contributed by atoms with Crippen molar-refractivity contribution in [3.05, 3.63) is 0 Å². The lowest BCUT2D eigenvalue weighted by molar-refractivity contribution is -0.141. The van der Waals surface area contributed by atoms with Crippen molar-refractivity contribution in [1.82, 2.24) is 9.80 Å². The molecule has 0 radical (unpaired) electrons. The Morgan fingerprint density at radius 1 is 1.45 bits per heavy atom. The van der Waals surface area contributed by atoms with Crippen molar-refractivity contribution >= 4 is 11.9 Å². The molecule has 1 amide bonds. The number of hydrogen-bond acceptors (Lipinski definition) is 4. The van der Waals surface area contributed by atoms with Gasteiger partial charge in [-0.05, 0) is 25.2 Å². The van der Waals surface area contributed by atoms with Gasteiger partial charge in [0.1, 0.15) is 0 Å². The predicted molar refractivity (Wildman–Crippen MR) is 73.4 cm³/mol. The summed E-state index contributed by atoms with van der Waals surface area (Å²) >= 11 is 0. The summed E-state index contributed by atoms with van der Waals surface area (Å²) in [7, 11) is 1.65. The first kappa shape index (κ1) is 15.3. The summed E-state index contributed by atoms with van der Waals surface area (Å²) in [5.74, 6) is -0.156. The molecule has 0 bridgehead atoms. The van der Waals surface area contributed by atoms with E-state index >= 15 is 0 Å². The molecule has 20 heavy (non-hydrogen) atoms. The Hall–Kier alpha value is -1.14. The van der Waals surface area contributed by atoms with Crippen molar-refractivity contribution in [2.75, 3.05) is 39.9 Å². The maximum absolute atomic E-state index is 12.2. The summed E-state index contributed by atoms with van der Waals surface area (Å²) in [4.78, 5) is 27.0. The smallest absolute Gasteiger partial charge is 0.317 e. The van der Waals surface area contributed by atoms with Crippen LogP contribution in [0.2, 0.25) is 0 Å². The van der Waals surface area contributed by atoms with E-state index < -0.39 is 5.97 Å². The number of methoxy groups -OCH3 is 1. The number of likely N-dealkylation sites (tertiary alicyclic amines) is 2. The Bertz CT molecular complexity index is 361. The van der Waals surface area contributed by atoms with Crippen LogP contribution in [0.4, 0.5) is 0 Å². The lowest BCUT2D eigenvalue weighted by Crippen LogP contribution is -2.53. The highest BCUT2D eigenvalue weighted by Crippen LogP contribution is 2.30. The van der Waals surface area contributed by atoms with E-state index in [1.165, 1.54) is 0 Å². The van der Waals surface area contributed by atoms with Gasteiger partial charge in [-0.25, -0.2) is 0 Å². The number of aliphatic carboxylic acids is 1. The van der Waals surface area contributed by atoms with Crippen LogP contribution < -0.4 is 0 Å². The highest BCUT2D eigenvalue weighted by Gasteiger charge is 2.37. The molecule has 6 heteroatoms. The first-order valence-electron chi connectivity index (χ1n) is 7.34. The first-order valence-corrected chi connectivity index (χ1v) is 7.34. The van der Waals surface area contributed by atoms with Gasteiger partial charge in [0.25, 0.3) is 0 Å². The number of amides is 1. The van der Waals surface area contributed by atoms with E-state index in [-0.39, 0.29) is 18.5 Å². The Morgan fingerprint density at radius 3 is 2.95 bits per heavy atom. The number of carboxylic acid groups (broad SMARTS) is 1. The molecule has 0 saturated carbocycles. The predicted octanol–water partition coefficient (Wildman–Crippen LogP) is 0.420. The quantitative estimate of drug-likeness (QED) is 0.792. The van der Waals surface area contributed by atoms with Gasteiger partial charge in [0.05, 0.1) is 13.2 Å². The molecule has 2 rings (SSSR count). The van der Waals surface area contributed by atoms with Crippen molar-refractivity contribution in [3.63, 3.8) is 0 Å². The van der Waals surface area contributed by atoms with Crippen molar-refractivity contribution in [2.45, 2.75) is 31.7 Å². The molecule has 2 aliphatic heterocycles. The molecule has 2 aliphatic rings. The van der Waals surface area contributed by atoms with Crippen LogP contribution in [0.5, 0.6) is 0 Å². The largest absolute Gasteiger partial charge is 0.480 e. The van der Waals surface area contributed by atoms with Crippen molar-refractivity contribution in [2.24, 2.45) is 5.92 Å². The molecule has 2 fully saturated rings. The number of carboxylic acids is 1. The topological polar surface area (TPSA) is 70.1 Å². The molecule has 1 N–H and O–H groups in total. The number of piperidine rings is 1. The minimum Gasteiger partial charge on any atom is -0.480 e. The summed E-state index contributed by atoms with van der Waals surface area (Å²) in [6.07, 6.45) is 3.39. The number of hydrogen-bond donors (Lipinski definition) is 1. The van der Waals surface area contributed by atoms with E-state index in [1.807, 2.05) is 9.80 Å². The summed E-state index contributed by atoms with van der Waals surface area (Å²) in [6.45, 7) is 2.86. The fraction of sp³-hybridized carbons (Fsp3) is 0.857. The molecule has 0 aromatic heterocycles.